The second-order valence-electron chi connectivity index (χ2n) is 6.08. The average Bonchev–Trinajstić information content (AvgIpc) is 3.40. The molecule has 1 aliphatic rings. The molecule has 26 heavy (non-hydrogen) atoms. The Kier molecular flexibility index (Phi) is 4.70. The number of carbonyl (C=O) groups is 1. The van der Waals surface area contributed by atoms with E-state index < -0.39 is 0 Å². The summed E-state index contributed by atoms with van der Waals surface area (Å²) in [6.45, 7) is 0.700. The highest BCUT2D eigenvalue weighted by molar-refractivity contribution is 7.99. The van der Waals surface area contributed by atoms with Crippen molar-refractivity contribution in [1.82, 2.24) is 29.8 Å². The molecule has 0 saturated carbocycles. The Morgan fingerprint density at radius 1 is 1.35 bits per heavy atom. The molecule has 4 rings (SSSR count). The fourth-order valence-corrected chi connectivity index (χ4v) is 3.78. The summed E-state index contributed by atoms with van der Waals surface area (Å²) in [5, 5.41) is 12.6. The lowest BCUT2D eigenvalue weighted by molar-refractivity contribution is -0.129. The Bertz CT molecular complexity index is 894. The molecule has 8 nitrogen and oxygen atoms in total. The number of likely N-dealkylation sites (tertiary alicyclic amines) is 1. The van der Waals surface area contributed by atoms with E-state index in [1.807, 2.05) is 42.3 Å². The van der Waals surface area contributed by atoms with Crippen molar-refractivity contribution >= 4 is 17.7 Å². The van der Waals surface area contributed by atoms with E-state index in [9.17, 15) is 4.79 Å². The van der Waals surface area contributed by atoms with Crippen molar-refractivity contribution in [3.8, 4) is 11.4 Å². The molecule has 1 amide bonds. The van der Waals surface area contributed by atoms with Gasteiger partial charge in [0.2, 0.25) is 17.6 Å². The topological polar surface area (TPSA) is 89.9 Å². The fraction of sp³-hybridized carbons (Fsp3) is 0.353. The molecular formula is C17H18N6O2S. The number of rotatable bonds is 5. The van der Waals surface area contributed by atoms with Gasteiger partial charge in [-0.2, -0.15) is 4.98 Å². The molecule has 1 saturated heterocycles. The van der Waals surface area contributed by atoms with Crippen LogP contribution in [-0.4, -0.2) is 48.0 Å². The lowest BCUT2D eigenvalue weighted by Gasteiger charge is -2.21. The molecule has 1 aliphatic heterocycles. The van der Waals surface area contributed by atoms with Gasteiger partial charge in [-0.3, -0.25) is 4.79 Å². The molecule has 0 aliphatic carbocycles. The van der Waals surface area contributed by atoms with Gasteiger partial charge in [-0.25, -0.2) is 0 Å². The minimum atomic E-state index is -0.160. The zero-order valence-electron chi connectivity index (χ0n) is 14.3. The van der Waals surface area contributed by atoms with Crippen LogP contribution in [-0.2, 0) is 11.8 Å². The zero-order chi connectivity index (χ0) is 17.9. The van der Waals surface area contributed by atoms with Crippen LogP contribution in [0.2, 0.25) is 0 Å². The normalized spacial score (nSPS) is 17.0. The molecule has 0 N–H and O–H groups in total. The second kappa shape index (κ2) is 7.28. The van der Waals surface area contributed by atoms with Gasteiger partial charge < -0.3 is 14.0 Å². The van der Waals surface area contributed by atoms with Crippen molar-refractivity contribution in [3.63, 3.8) is 0 Å². The van der Waals surface area contributed by atoms with Gasteiger partial charge >= 0.3 is 0 Å². The molecule has 0 radical (unpaired) electrons. The Hall–Kier alpha value is -2.68. The lowest BCUT2D eigenvalue weighted by atomic mass is 10.2. The molecule has 2 aromatic heterocycles. The van der Waals surface area contributed by atoms with Crippen LogP contribution in [0.15, 0.2) is 46.3 Å². The first kappa shape index (κ1) is 16.8. The Morgan fingerprint density at radius 2 is 2.19 bits per heavy atom. The molecule has 134 valence electrons. The largest absolute Gasteiger partial charge is 0.337 e. The SMILES string of the molecule is Cn1cnnc1SCC(=O)N1CCC[C@H]1c1nc(-c2ccccc2)no1. The third kappa shape index (κ3) is 3.34. The van der Waals surface area contributed by atoms with Crippen molar-refractivity contribution in [2.75, 3.05) is 12.3 Å². The first-order valence-electron chi connectivity index (χ1n) is 8.37. The molecule has 9 heteroatoms. The molecule has 1 fully saturated rings. The highest BCUT2D eigenvalue weighted by atomic mass is 32.2. The maximum atomic E-state index is 12.7. The van der Waals surface area contributed by atoms with E-state index in [0.717, 1.165) is 23.6 Å². The number of nitrogens with zero attached hydrogens (tertiary/aromatic N) is 6. The summed E-state index contributed by atoms with van der Waals surface area (Å²) >= 11 is 1.38. The Balaban J connectivity index is 1.45. The Labute approximate surface area is 154 Å². The first-order chi connectivity index (χ1) is 12.7. The van der Waals surface area contributed by atoms with Gasteiger partial charge in [0.05, 0.1) is 5.75 Å². The predicted octanol–water partition coefficient (Wildman–Crippen LogP) is 2.32. The standard InChI is InChI=1S/C17H18N6O2S/c1-22-11-18-20-17(22)26-10-14(24)23-9-5-8-13(23)16-19-15(21-25-16)12-6-3-2-4-7-12/h2-4,6-7,11,13H,5,8-10H2,1H3/t13-/m0/s1. The summed E-state index contributed by atoms with van der Waals surface area (Å²) in [6, 6.07) is 9.51. The van der Waals surface area contributed by atoms with E-state index in [2.05, 4.69) is 20.3 Å². The van der Waals surface area contributed by atoms with Gasteiger partial charge in [-0.15, -0.1) is 10.2 Å². The van der Waals surface area contributed by atoms with E-state index in [4.69, 9.17) is 4.52 Å². The number of aryl methyl sites for hydroxylation is 1. The van der Waals surface area contributed by atoms with E-state index in [-0.39, 0.29) is 11.9 Å². The molecule has 3 heterocycles. The zero-order valence-corrected chi connectivity index (χ0v) is 15.1. The van der Waals surface area contributed by atoms with Crippen molar-refractivity contribution in [1.29, 1.82) is 0 Å². The van der Waals surface area contributed by atoms with Crippen LogP contribution in [0.5, 0.6) is 0 Å². The maximum absolute atomic E-state index is 12.7. The highest BCUT2D eigenvalue weighted by Crippen LogP contribution is 2.32. The molecular weight excluding hydrogens is 352 g/mol. The van der Waals surface area contributed by atoms with Crippen LogP contribution < -0.4 is 0 Å². The van der Waals surface area contributed by atoms with Crippen LogP contribution in [0.1, 0.15) is 24.8 Å². The summed E-state index contributed by atoms with van der Waals surface area (Å²) in [5.41, 5.74) is 0.899. The van der Waals surface area contributed by atoms with E-state index in [0.29, 0.717) is 24.0 Å². The fourth-order valence-electron chi connectivity index (χ4n) is 3.01. The van der Waals surface area contributed by atoms with E-state index >= 15 is 0 Å². The maximum Gasteiger partial charge on any atom is 0.249 e. The molecule has 0 unspecified atom stereocenters. The van der Waals surface area contributed by atoms with Crippen molar-refractivity contribution in [2.24, 2.45) is 7.05 Å². The van der Waals surface area contributed by atoms with Gasteiger partial charge in [0.1, 0.15) is 12.4 Å². The van der Waals surface area contributed by atoms with Gasteiger partial charge in [-0.1, -0.05) is 47.3 Å². The molecule has 1 atom stereocenters. The second-order valence-corrected chi connectivity index (χ2v) is 7.02. The average molecular weight is 370 g/mol. The summed E-state index contributed by atoms with van der Waals surface area (Å²) in [4.78, 5) is 19.0. The smallest absolute Gasteiger partial charge is 0.249 e. The summed E-state index contributed by atoms with van der Waals surface area (Å²) in [7, 11) is 1.86. The number of benzene rings is 1. The monoisotopic (exact) mass is 370 g/mol. The number of thioether (sulfide) groups is 1. The molecule has 3 aromatic rings. The number of amides is 1. The van der Waals surface area contributed by atoms with Gasteiger partial charge in [-0.05, 0) is 12.8 Å². The lowest BCUT2D eigenvalue weighted by Crippen LogP contribution is -2.32. The molecule has 0 spiro atoms. The van der Waals surface area contributed by atoms with Crippen molar-refractivity contribution in [2.45, 2.75) is 24.0 Å². The van der Waals surface area contributed by atoms with Crippen LogP contribution >= 0.6 is 11.8 Å². The number of hydrogen-bond donors (Lipinski definition) is 0. The number of aromatic nitrogens is 5. The van der Waals surface area contributed by atoms with Crippen LogP contribution in [0.3, 0.4) is 0 Å². The number of hydrogen-bond acceptors (Lipinski definition) is 7. The summed E-state index contributed by atoms with van der Waals surface area (Å²) in [5.74, 6) is 1.40. The van der Waals surface area contributed by atoms with E-state index in [1.165, 1.54) is 11.8 Å². The number of carbonyl (C=O) groups excluding carboxylic acids is 1. The minimum absolute atomic E-state index is 0.0416. The Morgan fingerprint density at radius 3 is 2.96 bits per heavy atom. The third-order valence-electron chi connectivity index (χ3n) is 4.33. The van der Waals surface area contributed by atoms with Crippen molar-refractivity contribution < 1.29 is 9.32 Å². The quantitative estimate of drug-likeness (QED) is 0.637. The van der Waals surface area contributed by atoms with Crippen LogP contribution in [0.25, 0.3) is 11.4 Å². The predicted molar refractivity (Wildman–Crippen MR) is 95.1 cm³/mol. The highest BCUT2D eigenvalue weighted by Gasteiger charge is 2.34. The van der Waals surface area contributed by atoms with Crippen LogP contribution in [0.4, 0.5) is 0 Å². The van der Waals surface area contributed by atoms with Crippen LogP contribution in [0, 0.1) is 0 Å². The third-order valence-corrected chi connectivity index (χ3v) is 5.35. The van der Waals surface area contributed by atoms with Gasteiger partial charge in [0.25, 0.3) is 0 Å². The van der Waals surface area contributed by atoms with Gasteiger partial charge in [0.15, 0.2) is 5.16 Å². The summed E-state index contributed by atoms with van der Waals surface area (Å²) in [6.07, 6.45) is 3.37. The minimum Gasteiger partial charge on any atom is -0.337 e. The molecule has 0 bridgehead atoms. The molecule has 1 aromatic carbocycles. The first-order valence-corrected chi connectivity index (χ1v) is 9.36. The van der Waals surface area contributed by atoms with Gasteiger partial charge in [0, 0.05) is 19.2 Å². The van der Waals surface area contributed by atoms with Crippen molar-refractivity contribution in [3.05, 3.63) is 42.5 Å². The summed E-state index contributed by atoms with van der Waals surface area (Å²) < 4.78 is 7.26. The van der Waals surface area contributed by atoms with E-state index in [1.54, 1.807) is 10.9 Å².